The van der Waals surface area contributed by atoms with E-state index in [2.05, 4.69) is 28.6 Å². The molecule has 25 heavy (non-hydrogen) atoms. The van der Waals surface area contributed by atoms with Crippen LogP contribution in [-0.4, -0.2) is 80.7 Å². The van der Waals surface area contributed by atoms with Crippen LogP contribution in [0, 0.1) is 5.92 Å². The number of thioether (sulfide) groups is 1. The highest BCUT2D eigenvalue weighted by Gasteiger charge is 2.38. The molecular formula is C17H29N3O3S2. The van der Waals surface area contributed by atoms with Crippen LogP contribution in [-0.2, 0) is 14.6 Å². The Balaban J connectivity index is 1.66. The molecule has 0 aromatic heterocycles. The molecule has 1 unspecified atom stereocenters. The van der Waals surface area contributed by atoms with E-state index in [-0.39, 0.29) is 16.4 Å². The Bertz CT molecular complexity index is 595. The van der Waals surface area contributed by atoms with Gasteiger partial charge in [-0.1, -0.05) is 6.08 Å². The highest BCUT2D eigenvalue weighted by Crippen LogP contribution is 2.39. The van der Waals surface area contributed by atoms with Crippen molar-refractivity contribution in [3.63, 3.8) is 0 Å². The molecule has 3 saturated heterocycles. The number of hydrogen-bond acceptors (Lipinski definition) is 5. The molecule has 1 spiro atoms. The minimum absolute atomic E-state index is 0.154. The Morgan fingerprint density at radius 3 is 2.92 bits per heavy atom. The number of nitrogens with one attached hydrogen (secondary N) is 1. The predicted molar refractivity (Wildman–Crippen MR) is 104 cm³/mol. The van der Waals surface area contributed by atoms with E-state index in [1.807, 2.05) is 6.08 Å². The topological polar surface area (TPSA) is 71.0 Å². The van der Waals surface area contributed by atoms with Crippen LogP contribution in [0.1, 0.15) is 19.3 Å². The second-order valence-electron chi connectivity index (χ2n) is 7.17. The van der Waals surface area contributed by atoms with E-state index in [9.17, 15) is 8.42 Å². The van der Waals surface area contributed by atoms with Crippen molar-refractivity contribution in [2.75, 3.05) is 56.7 Å². The van der Waals surface area contributed by atoms with Crippen LogP contribution in [0.4, 0.5) is 0 Å². The van der Waals surface area contributed by atoms with Crippen LogP contribution in [0.3, 0.4) is 0 Å². The molecule has 3 aliphatic heterocycles. The van der Waals surface area contributed by atoms with Gasteiger partial charge < -0.3 is 15.0 Å². The summed E-state index contributed by atoms with van der Waals surface area (Å²) >= 11 is 2.07. The number of guanidine groups is 1. The summed E-state index contributed by atoms with van der Waals surface area (Å²) in [6.45, 7) is 8.66. The predicted octanol–water partition coefficient (Wildman–Crippen LogP) is 1.15. The normalized spacial score (nSPS) is 28.9. The lowest BCUT2D eigenvalue weighted by molar-refractivity contribution is 0.0699. The van der Waals surface area contributed by atoms with Crippen LogP contribution in [0.15, 0.2) is 17.6 Å². The fourth-order valence-electron chi connectivity index (χ4n) is 3.73. The first kappa shape index (κ1) is 19.0. The average Bonchev–Trinajstić information content (AvgIpc) is 2.95. The van der Waals surface area contributed by atoms with Gasteiger partial charge in [-0.15, -0.1) is 6.58 Å². The number of hydrogen-bond donors (Lipinski definition) is 1. The molecule has 0 amide bonds. The van der Waals surface area contributed by atoms with Crippen LogP contribution in [0.2, 0.25) is 0 Å². The number of ether oxygens (including phenoxy) is 1. The SMILES string of the molecule is C=CCNC(=NCC1CCS(=O)(=O)C1)N1CCSC2(CCOCC2)C1. The second kappa shape index (κ2) is 8.31. The van der Waals surface area contributed by atoms with Crippen LogP contribution in [0.5, 0.6) is 0 Å². The maximum absolute atomic E-state index is 11.7. The molecule has 3 fully saturated rings. The van der Waals surface area contributed by atoms with Crippen molar-refractivity contribution in [3.05, 3.63) is 12.7 Å². The largest absolute Gasteiger partial charge is 0.381 e. The second-order valence-corrected chi connectivity index (χ2v) is 11.0. The van der Waals surface area contributed by atoms with Crippen LogP contribution >= 0.6 is 11.8 Å². The van der Waals surface area contributed by atoms with Crippen molar-refractivity contribution in [2.24, 2.45) is 10.9 Å². The number of aliphatic imine (C=N–C) groups is 1. The molecule has 142 valence electrons. The molecule has 3 heterocycles. The van der Waals surface area contributed by atoms with Gasteiger partial charge in [-0.3, -0.25) is 4.99 Å². The minimum atomic E-state index is -2.84. The highest BCUT2D eigenvalue weighted by atomic mass is 32.2. The minimum Gasteiger partial charge on any atom is -0.381 e. The summed E-state index contributed by atoms with van der Waals surface area (Å²) in [5.41, 5.74) is 0. The zero-order valence-corrected chi connectivity index (χ0v) is 16.4. The lowest BCUT2D eigenvalue weighted by atomic mass is 9.98. The Labute approximate surface area is 155 Å². The van der Waals surface area contributed by atoms with E-state index in [1.165, 1.54) is 0 Å². The first-order valence-electron chi connectivity index (χ1n) is 9.08. The van der Waals surface area contributed by atoms with Gasteiger partial charge in [0.25, 0.3) is 0 Å². The van der Waals surface area contributed by atoms with E-state index < -0.39 is 9.84 Å². The van der Waals surface area contributed by atoms with Gasteiger partial charge in [0.05, 0.1) is 11.5 Å². The molecule has 0 bridgehead atoms. The monoisotopic (exact) mass is 387 g/mol. The lowest BCUT2D eigenvalue weighted by Crippen LogP contribution is -2.54. The molecule has 6 nitrogen and oxygen atoms in total. The third-order valence-corrected chi connectivity index (χ3v) is 8.56. The highest BCUT2D eigenvalue weighted by molar-refractivity contribution is 8.00. The maximum Gasteiger partial charge on any atom is 0.194 e. The lowest BCUT2D eigenvalue weighted by Gasteiger charge is -2.45. The maximum atomic E-state index is 11.7. The third kappa shape index (κ3) is 5.14. The molecular weight excluding hydrogens is 358 g/mol. The number of nitrogens with zero attached hydrogens (tertiary/aromatic N) is 2. The molecule has 0 saturated carbocycles. The fraction of sp³-hybridized carbons (Fsp3) is 0.824. The van der Waals surface area contributed by atoms with E-state index in [0.717, 1.165) is 57.3 Å². The molecule has 1 atom stereocenters. The smallest absolute Gasteiger partial charge is 0.194 e. The molecule has 3 rings (SSSR count). The van der Waals surface area contributed by atoms with Crippen LogP contribution < -0.4 is 5.32 Å². The van der Waals surface area contributed by atoms with Gasteiger partial charge in [0, 0.05) is 49.9 Å². The summed E-state index contributed by atoms with van der Waals surface area (Å²) in [6.07, 6.45) is 4.74. The molecule has 0 aliphatic carbocycles. The van der Waals surface area contributed by atoms with Gasteiger partial charge >= 0.3 is 0 Å². The Hall–Kier alpha value is -0.730. The van der Waals surface area contributed by atoms with E-state index in [0.29, 0.717) is 18.8 Å². The standard InChI is InChI=1S/C17H29N3O3S2/c1-2-6-18-16(19-12-15-3-11-25(21,22)13-15)20-7-10-24-17(14-20)4-8-23-9-5-17/h2,15H,1,3-14H2,(H,18,19). The van der Waals surface area contributed by atoms with Gasteiger partial charge in [0.2, 0.25) is 0 Å². The van der Waals surface area contributed by atoms with Crippen molar-refractivity contribution >= 4 is 27.6 Å². The van der Waals surface area contributed by atoms with E-state index in [1.54, 1.807) is 0 Å². The summed E-state index contributed by atoms with van der Waals surface area (Å²) in [7, 11) is -2.84. The van der Waals surface area contributed by atoms with Crippen molar-refractivity contribution in [3.8, 4) is 0 Å². The summed E-state index contributed by atoms with van der Waals surface area (Å²) in [4.78, 5) is 7.13. The van der Waals surface area contributed by atoms with Crippen molar-refractivity contribution in [1.29, 1.82) is 0 Å². The van der Waals surface area contributed by atoms with Gasteiger partial charge in [-0.25, -0.2) is 8.42 Å². The van der Waals surface area contributed by atoms with Crippen molar-refractivity contribution < 1.29 is 13.2 Å². The van der Waals surface area contributed by atoms with Gasteiger partial charge in [-0.2, -0.15) is 11.8 Å². The van der Waals surface area contributed by atoms with Gasteiger partial charge in [0.1, 0.15) is 0 Å². The van der Waals surface area contributed by atoms with Crippen molar-refractivity contribution in [1.82, 2.24) is 10.2 Å². The average molecular weight is 388 g/mol. The van der Waals surface area contributed by atoms with Crippen LogP contribution in [0.25, 0.3) is 0 Å². The number of rotatable bonds is 4. The summed E-state index contributed by atoms with van der Waals surface area (Å²) in [5, 5.41) is 3.37. The first-order valence-corrected chi connectivity index (χ1v) is 11.9. The molecule has 0 radical (unpaired) electrons. The summed E-state index contributed by atoms with van der Waals surface area (Å²) in [6, 6.07) is 0. The molecule has 0 aromatic rings. The fourth-order valence-corrected chi connectivity index (χ4v) is 7.03. The molecule has 0 aromatic carbocycles. The molecule has 1 N–H and O–H groups in total. The molecule has 8 heteroatoms. The Morgan fingerprint density at radius 2 is 2.24 bits per heavy atom. The summed E-state index contributed by atoms with van der Waals surface area (Å²) < 4.78 is 29.1. The first-order chi connectivity index (χ1) is 12.0. The molecule has 3 aliphatic rings. The van der Waals surface area contributed by atoms with E-state index in [4.69, 9.17) is 9.73 Å². The Morgan fingerprint density at radius 1 is 1.44 bits per heavy atom. The zero-order valence-electron chi connectivity index (χ0n) is 14.8. The quantitative estimate of drug-likeness (QED) is 0.443. The summed E-state index contributed by atoms with van der Waals surface area (Å²) in [5.74, 6) is 2.73. The van der Waals surface area contributed by atoms with E-state index >= 15 is 0 Å². The zero-order chi connectivity index (χ0) is 17.8. The number of sulfone groups is 1. The van der Waals surface area contributed by atoms with Gasteiger partial charge in [-0.05, 0) is 25.2 Å². The van der Waals surface area contributed by atoms with Crippen molar-refractivity contribution in [2.45, 2.75) is 24.0 Å². The van der Waals surface area contributed by atoms with Gasteiger partial charge in [0.15, 0.2) is 15.8 Å². The Kier molecular flexibility index (Phi) is 6.33. The third-order valence-electron chi connectivity index (χ3n) is 5.18.